The van der Waals surface area contributed by atoms with Crippen molar-refractivity contribution in [3.05, 3.63) is 23.0 Å². The fourth-order valence-electron chi connectivity index (χ4n) is 2.06. The first-order valence-electron chi connectivity index (χ1n) is 6.62. The van der Waals surface area contributed by atoms with Gasteiger partial charge in [0.05, 0.1) is 12.3 Å². The average molecular weight is 268 g/mol. The van der Waals surface area contributed by atoms with Gasteiger partial charge in [0.25, 0.3) is 0 Å². The van der Waals surface area contributed by atoms with E-state index in [9.17, 15) is 10.2 Å². The normalized spacial score (nSPS) is 12.9. The van der Waals surface area contributed by atoms with Crippen molar-refractivity contribution < 1.29 is 15.3 Å². The molecule has 0 aliphatic carbocycles. The van der Waals surface area contributed by atoms with E-state index in [0.717, 1.165) is 0 Å². The van der Waals surface area contributed by atoms with Crippen LogP contribution in [-0.4, -0.2) is 33.0 Å². The predicted octanol–water partition coefficient (Wildman–Crippen LogP) is 1.08. The van der Waals surface area contributed by atoms with Crippen molar-refractivity contribution in [3.63, 3.8) is 0 Å². The zero-order valence-electron chi connectivity index (χ0n) is 11.8. The fraction of sp³-hybridized carbons (Fsp3) is 0.643. The Morgan fingerprint density at radius 3 is 2.53 bits per heavy atom. The highest BCUT2D eigenvalue weighted by Crippen LogP contribution is 2.24. The van der Waals surface area contributed by atoms with E-state index in [1.54, 1.807) is 13.1 Å². The highest BCUT2D eigenvalue weighted by atomic mass is 16.3. The van der Waals surface area contributed by atoms with E-state index in [2.05, 4.69) is 24.1 Å². The molecular formula is C14H24N2O3. The summed E-state index contributed by atoms with van der Waals surface area (Å²) >= 11 is 0. The van der Waals surface area contributed by atoms with Crippen molar-refractivity contribution in [3.8, 4) is 5.75 Å². The average Bonchev–Trinajstić information content (AvgIpc) is 2.38. The lowest BCUT2D eigenvalue weighted by Crippen LogP contribution is -2.34. The van der Waals surface area contributed by atoms with Gasteiger partial charge in [-0.15, -0.1) is 0 Å². The summed E-state index contributed by atoms with van der Waals surface area (Å²) in [6.07, 6.45) is 2.25. The van der Waals surface area contributed by atoms with Crippen molar-refractivity contribution in [2.75, 3.05) is 6.61 Å². The van der Waals surface area contributed by atoms with E-state index in [4.69, 9.17) is 5.11 Å². The first kappa shape index (κ1) is 15.9. The molecule has 0 saturated heterocycles. The molecule has 19 heavy (non-hydrogen) atoms. The lowest BCUT2D eigenvalue weighted by molar-refractivity contribution is 0.242. The number of hydrogen-bond donors (Lipinski definition) is 4. The third-order valence-electron chi connectivity index (χ3n) is 3.39. The standard InChI is InChI=1S/C14H24N2O3/c1-9(2)13(4-5-17)16-7-12-11(8-18)6-15-10(3)14(12)19/h6,9,13,16-19H,4-5,7-8H2,1-3H3. The predicted molar refractivity (Wildman–Crippen MR) is 73.7 cm³/mol. The lowest BCUT2D eigenvalue weighted by Gasteiger charge is -2.22. The lowest BCUT2D eigenvalue weighted by atomic mass is 10.00. The van der Waals surface area contributed by atoms with E-state index in [0.29, 0.717) is 35.7 Å². The number of rotatable bonds is 7. The summed E-state index contributed by atoms with van der Waals surface area (Å²) in [5, 5.41) is 31.7. The van der Waals surface area contributed by atoms with E-state index in [1.807, 2.05) is 0 Å². The van der Waals surface area contributed by atoms with Gasteiger partial charge in [-0.2, -0.15) is 0 Å². The molecule has 0 amide bonds. The first-order chi connectivity index (χ1) is 9.01. The Labute approximate surface area is 114 Å². The van der Waals surface area contributed by atoms with E-state index in [1.165, 1.54) is 0 Å². The minimum absolute atomic E-state index is 0.129. The molecule has 1 heterocycles. The van der Waals surface area contributed by atoms with Crippen LogP contribution in [0.25, 0.3) is 0 Å². The van der Waals surface area contributed by atoms with Crippen LogP contribution in [0.5, 0.6) is 5.75 Å². The molecule has 0 aliphatic rings. The number of aromatic nitrogens is 1. The summed E-state index contributed by atoms with van der Waals surface area (Å²) in [5.74, 6) is 0.514. The van der Waals surface area contributed by atoms with Gasteiger partial charge >= 0.3 is 0 Å². The summed E-state index contributed by atoms with van der Waals surface area (Å²) in [5.41, 5.74) is 1.86. The molecule has 108 valence electrons. The highest BCUT2D eigenvalue weighted by Gasteiger charge is 2.16. The molecular weight excluding hydrogens is 244 g/mol. The Bertz CT molecular complexity index is 408. The first-order valence-corrected chi connectivity index (χ1v) is 6.62. The van der Waals surface area contributed by atoms with Crippen LogP contribution in [0.4, 0.5) is 0 Å². The van der Waals surface area contributed by atoms with Crippen LogP contribution in [0.1, 0.15) is 37.1 Å². The number of pyridine rings is 1. The smallest absolute Gasteiger partial charge is 0.141 e. The number of aliphatic hydroxyl groups excluding tert-OH is 2. The van der Waals surface area contributed by atoms with Crippen molar-refractivity contribution in [1.29, 1.82) is 0 Å². The van der Waals surface area contributed by atoms with Gasteiger partial charge in [0, 0.05) is 36.5 Å². The van der Waals surface area contributed by atoms with E-state index >= 15 is 0 Å². The number of nitrogens with zero attached hydrogens (tertiary/aromatic N) is 1. The Hall–Kier alpha value is -1.17. The maximum atomic E-state index is 10.0. The third-order valence-corrected chi connectivity index (χ3v) is 3.39. The maximum Gasteiger partial charge on any atom is 0.141 e. The molecule has 0 bridgehead atoms. The van der Waals surface area contributed by atoms with E-state index in [-0.39, 0.29) is 25.0 Å². The molecule has 5 nitrogen and oxygen atoms in total. The minimum atomic E-state index is -0.149. The van der Waals surface area contributed by atoms with Gasteiger partial charge in [0.1, 0.15) is 5.75 Å². The molecule has 0 saturated carbocycles. The molecule has 5 heteroatoms. The Kier molecular flexibility index (Phi) is 6.21. The number of aromatic hydroxyl groups is 1. The summed E-state index contributed by atoms with van der Waals surface area (Å²) in [6.45, 7) is 6.33. The summed E-state index contributed by atoms with van der Waals surface area (Å²) in [4.78, 5) is 4.03. The Morgan fingerprint density at radius 2 is 2.00 bits per heavy atom. The largest absolute Gasteiger partial charge is 0.506 e. The van der Waals surface area contributed by atoms with Crippen LogP contribution < -0.4 is 5.32 Å². The summed E-state index contributed by atoms with van der Waals surface area (Å²) in [6, 6.07) is 0.171. The molecule has 4 N–H and O–H groups in total. The van der Waals surface area contributed by atoms with Crippen LogP contribution in [0.3, 0.4) is 0 Å². The molecule has 1 aromatic rings. The Morgan fingerprint density at radius 1 is 1.32 bits per heavy atom. The van der Waals surface area contributed by atoms with Gasteiger partial charge in [-0.3, -0.25) is 4.98 Å². The number of nitrogens with one attached hydrogen (secondary N) is 1. The van der Waals surface area contributed by atoms with Gasteiger partial charge in [-0.1, -0.05) is 13.8 Å². The zero-order valence-corrected chi connectivity index (χ0v) is 11.8. The number of aliphatic hydroxyl groups is 2. The molecule has 1 atom stereocenters. The van der Waals surface area contributed by atoms with Gasteiger partial charge in [-0.05, 0) is 19.3 Å². The molecule has 1 aromatic heterocycles. The van der Waals surface area contributed by atoms with Crippen molar-refractivity contribution in [2.45, 2.75) is 46.4 Å². The quantitative estimate of drug-likeness (QED) is 0.594. The van der Waals surface area contributed by atoms with Gasteiger partial charge in [0.2, 0.25) is 0 Å². The number of hydrogen-bond acceptors (Lipinski definition) is 5. The van der Waals surface area contributed by atoms with Crippen molar-refractivity contribution >= 4 is 0 Å². The molecule has 0 radical (unpaired) electrons. The van der Waals surface area contributed by atoms with Crippen LogP contribution in [0, 0.1) is 12.8 Å². The van der Waals surface area contributed by atoms with Crippen LogP contribution in [0.15, 0.2) is 6.20 Å². The topological polar surface area (TPSA) is 85.6 Å². The summed E-state index contributed by atoms with van der Waals surface area (Å²) < 4.78 is 0. The second kappa shape index (κ2) is 7.43. The molecule has 1 rings (SSSR count). The second-order valence-corrected chi connectivity index (χ2v) is 5.10. The minimum Gasteiger partial charge on any atom is -0.506 e. The molecule has 0 aliphatic heterocycles. The second-order valence-electron chi connectivity index (χ2n) is 5.10. The van der Waals surface area contributed by atoms with Gasteiger partial charge < -0.3 is 20.6 Å². The van der Waals surface area contributed by atoms with Crippen LogP contribution >= 0.6 is 0 Å². The maximum absolute atomic E-state index is 10.0. The monoisotopic (exact) mass is 268 g/mol. The van der Waals surface area contributed by atoms with Gasteiger partial charge in [0.15, 0.2) is 0 Å². The number of aryl methyl sites for hydroxylation is 1. The molecule has 1 unspecified atom stereocenters. The zero-order chi connectivity index (χ0) is 14.4. The SMILES string of the molecule is Cc1ncc(CO)c(CNC(CCO)C(C)C)c1O. The fourth-order valence-corrected chi connectivity index (χ4v) is 2.06. The molecule has 0 aromatic carbocycles. The highest BCUT2D eigenvalue weighted by molar-refractivity contribution is 5.40. The summed E-state index contributed by atoms with van der Waals surface area (Å²) in [7, 11) is 0. The Balaban J connectivity index is 2.83. The van der Waals surface area contributed by atoms with E-state index < -0.39 is 0 Å². The molecule has 0 fully saturated rings. The third kappa shape index (κ3) is 4.16. The van der Waals surface area contributed by atoms with Crippen molar-refractivity contribution in [2.24, 2.45) is 5.92 Å². The van der Waals surface area contributed by atoms with Crippen LogP contribution in [0.2, 0.25) is 0 Å². The van der Waals surface area contributed by atoms with Gasteiger partial charge in [-0.25, -0.2) is 0 Å². The van der Waals surface area contributed by atoms with Crippen molar-refractivity contribution in [1.82, 2.24) is 10.3 Å². The van der Waals surface area contributed by atoms with Crippen LogP contribution in [-0.2, 0) is 13.2 Å². The molecule has 0 spiro atoms.